The van der Waals surface area contributed by atoms with E-state index in [1.54, 1.807) is 23.5 Å². The maximum atomic E-state index is 8.36. The number of quaternary nitrogens is 1. The van der Waals surface area contributed by atoms with Gasteiger partial charge in [-0.05, 0) is 60.0 Å². The summed E-state index contributed by atoms with van der Waals surface area (Å²) < 4.78 is 0.710. The molecule has 0 saturated heterocycles. The van der Waals surface area contributed by atoms with Crippen LogP contribution in [0.5, 0.6) is 0 Å². The summed E-state index contributed by atoms with van der Waals surface area (Å²) in [5.74, 6) is 0.756. The van der Waals surface area contributed by atoms with Crippen molar-refractivity contribution in [3.8, 4) is 11.4 Å². The maximum Gasteiger partial charge on any atom is 0.290 e. The third-order valence-electron chi connectivity index (χ3n) is 5.92. The van der Waals surface area contributed by atoms with Gasteiger partial charge in [0, 0.05) is 30.7 Å². The number of halogens is 2. The molecule has 0 bridgehead atoms. The Morgan fingerprint density at radius 2 is 1.37 bits per heavy atom. The number of nitrogens with zero attached hydrogens (tertiary/aromatic N) is 3. The molecule has 5 nitrogen and oxygen atoms in total. The fraction of sp³-hybridized carbons (Fsp3) is 0.125. The molecule has 5 aromatic rings. The van der Waals surface area contributed by atoms with Crippen molar-refractivity contribution in [1.82, 2.24) is 9.97 Å². The molecule has 0 atom stereocenters. The first-order valence-electron chi connectivity index (χ1n) is 12.7. The van der Waals surface area contributed by atoms with Crippen LogP contribution in [0.25, 0.3) is 11.4 Å². The van der Waals surface area contributed by atoms with Gasteiger partial charge < -0.3 is 19.6 Å². The van der Waals surface area contributed by atoms with E-state index in [1.165, 1.54) is 9.79 Å². The average Bonchev–Trinajstić information content (AvgIpc) is 3.39. The van der Waals surface area contributed by atoms with E-state index in [2.05, 4.69) is 80.8 Å². The number of carboxylic acid groups (broad SMARTS) is 1. The fourth-order valence-electron chi connectivity index (χ4n) is 4.29. The predicted molar refractivity (Wildman–Crippen MR) is 169 cm³/mol. The van der Waals surface area contributed by atoms with Crippen LogP contribution in [-0.4, -0.2) is 35.1 Å². The van der Waals surface area contributed by atoms with Crippen molar-refractivity contribution in [1.29, 1.82) is 0 Å². The number of aromatic nitrogens is 2. The highest BCUT2D eigenvalue weighted by molar-refractivity contribution is 8.00. The summed E-state index contributed by atoms with van der Waals surface area (Å²) >= 11 is 15.8. The van der Waals surface area contributed by atoms with Crippen LogP contribution in [0.1, 0.15) is 11.3 Å². The van der Waals surface area contributed by atoms with Crippen LogP contribution in [0.15, 0.2) is 123 Å². The quantitative estimate of drug-likeness (QED) is 0.131. The molecule has 0 spiro atoms. The molecule has 0 aliphatic heterocycles. The zero-order chi connectivity index (χ0) is 29.2. The zero-order valence-corrected chi connectivity index (χ0v) is 25.7. The molecule has 5 rings (SSSR count). The van der Waals surface area contributed by atoms with Crippen molar-refractivity contribution in [3.05, 3.63) is 125 Å². The topological polar surface area (TPSA) is 64.3 Å². The molecule has 4 aromatic carbocycles. The van der Waals surface area contributed by atoms with Crippen molar-refractivity contribution >= 4 is 53.2 Å². The van der Waals surface area contributed by atoms with Gasteiger partial charge in [0.25, 0.3) is 6.47 Å². The van der Waals surface area contributed by atoms with E-state index in [4.69, 9.17) is 43.1 Å². The van der Waals surface area contributed by atoms with Gasteiger partial charge in [0.1, 0.15) is 13.1 Å². The van der Waals surface area contributed by atoms with E-state index in [1.807, 2.05) is 36.5 Å². The molecule has 0 saturated carbocycles. The number of carbonyl (C=O) groups is 1. The van der Waals surface area contributed by atoms with Gasteiger partial charge in [-0.1, -0.05) is 101 Å². The summed E-state index contributed by atoms with van der Waals surface area (Å²) in [5.41, 5.74) is 3.16. The van der Waals surface area contributed by atoms with Crippen LogP contribution in [0, 0.1) is 0 Å². The average molecular weight is 623 g/mol. The van der Waals surface area contributed by atoms with Crippen molar-refractivity contribution in [3.63, 3.8) is 0 Å². The summed E-state index contributed by atoms with van der Waals surface area (Å²) in [6.45, 7) is 1.29. The minimum atomic E-state index is -0.250. The van der Waals surface area contributed by atoms with Crippen molar-refractivity contribution in [2.75, 3.05) is 14.1 Å². The van der Waals surface area contributed by atoms with Gasteiger partial charge in [-0.2, -0.15) is 0 Å². The first-order valence-corrected chi connectivity index (χ1v) is 15.1. The smallest absolute Gasteiger partial charge is 0.290 e. The van der Waals surface area contributed by atoms with E-state index in [0.717, 1.165) is 45.5 Å². The van der Waals surface area contributed by atoms with Gasteiger partial charge in [-0.3, -0.25) is 4.79 Å². The Morgan fingerprint density at radius 1 is 0.805 bits per heavy atom. The van der Waals surface area contributed by atoms with Crippen LogP contribution >= 0.6 is 46.7 Å². The van der Waals surface area contributed by atoms with Crippen LogP contribution in [0.3, 0.4) is 0 Å². The molecule has 1 aromatic heterocycles. The highest BCUT2D eigenvalue weighted by Crippen LogP contribution is 2.42. The third-order valence-corrected chi connectivity index (χ3v) is 8.80. The van der Waals surface area contributed by atoms with Crippen molar-refractivity contribution < 1.29 is 14.4 Å². The SMILES string of the molecule is C[N+](C)(Cc1ccc(Cl)c(Cl)c1)Cc1c[n-]c(-c2c(Sc3ccccc3)cccc2Sc2ccccc2)n1.O=CO. The first kappa shape index (κ1) is 30.8. The molecule has 9 heteroatoms. The molecule has 1 N–H and O–H groups in total. The Morgan fingerprint density at radius 3 is 1.90 bits per heavy atom. The summed E-state index contributed by atoms with van der Waals surface area (Å²) in [6.07, 6.45) is 1.91. The Kier molecular flexibility index (Phi) is 11.0. The van der Waals surface area contributed by atoms with Gasteiger partial charge >= 0.3 is 0 Å². The van der Waals surface area contributed by atoms with Crippen LogP contribution in [0.4, 0.5) is 0 Å². The maximum absolute atomic E-state index is 8.36. The van der Waals surface area contributed by atoms with Crippen LogP contribution in [-0.2, 0) is 17.9 Å². The minimum absolute atomic E-state index is 0.250. The number of benzene rings is 4. The second kappa shape index (κ2) is 14.6. The Bertz CT molecular complexity index is 1520. The first-order chi connectivity index (χ1) is 19.8. The second-order valence-electron chi connectivity index (χ2n) is 9.75. The van der Waals surface area contributed by atoms with Crippen molar-refractivity contribution in [2.24, 2.45) is 0 Å². The Hall–Kier alpha value is -3.20. The normalized spacial score (nSPS) is 11.0. The van der Waals surface area contributed by atoms with Crippen LogP contribution in [0.2, 0.25) is 10.0 Å². The molecular weight excluding hydrogens is 593 g/mol. The lowest BCUT2D eigenvalue weighted by Crippen LogP contribution is -2.37. The number of hydrogen-bond donors (Lipinski definition) is 1. The van der Waals surface area contributed by atoms with E-state index in [9.17, 15) is 0 Å². The molecule has 0 amide bonds. The zero-order valence-electron chi connectivity index (χ0n) is 22.6. The van der Waals surface area contributed by atoms with Gasteiger partial charge in [-0.25, -0.2) is 0 Å². The molecule has 210 valence electrons. The monoisotopic (exact) mass is 621 g/mol. The largest absolute Gasteiger partial charge is 0.483 e. The van der Waals surface area contributed by atoms with Crippen molar-refractivity contribution in [2.45, 2.75) is 32.7 Å². The fourth-order valence-corrected chi connectivity index (χ4v) is 6.66. The highest BCUT2D eigenvalue weighted by atomic mass is 35.5. The Labute approximate surface area is 259 Å². The van der Waals surface area contributed by atoms with Gasteiger partial charge in [0.05, 0.1) is 24.1 Å². The predicted octanol–water partition coefficient (Wildman–Crippen LogP) is 8.79. The molecule has 1 heterocycles. The molecule has 0 radical (unpaired) electrons. The summed E-state index contributed by atoms with van der Waals surface area (Å²) in [5, 5.41) is 8.04. The second-order valence-corrected chi connectivity index (χ2v) is 12.8. The van der Waals surface area contributed by atoms with Gasteiger partial charge in [0.15, 0.2) is 0 Å². The lowest BCUT2D eigenvalue weighted by atomic mass is 10.2. The summed E-state index contributed by atoms with van der Waals surface area (Å²) in [4.78, 5) is 22.9. The van der Waals surface area contributed by atoms with Gasteiger partial charge in [-0.15, -0.1) is 0 Å². The highest BCUT2D eigenvalue weighted by Gasteiger charge is 2.18. The lowest BCUT2D eigenvalue weighted by Gasteiger charge is -2.30. The molecule has 0 aliphatic carbocycles. The lowest BCUT2D eigenvalue weighted by molar-refractivity contribution is -0.917. The van der Waals surface area contributed by atoms with E-state index < -0.39 is 0 Å². The summed E-state index contributed by atoms with van der Waals surface area (Å²) in [6, 6.07) is 33.1. The number of imidazole rings is 1. The molecular formula is C32H29Cl2N3O2S2. The Balaban J connectivity index is 0.00000124. The molecule has 0 aliphatic rings. The molecule has 41 heavy (non-hydrogen) atoms. The standard InChI is InChI=1S/C31H27Cl2N3S2.CH2O2/c1-36(2,20-22-16-17-26(32)27(33)18-22)21-23-19-34-31(35-23)30-28(37-24-10-5-3-6-11-24)14-9-15-29(30)38-25-12-7-4-8-13-25;2-1-3/h3-19H,20-21H2,1-2H3;1H,(H,2,3). The number of hydrogen-bond acceptors (Lipinski definition) is 4. The van der Waals surface area contributed by atoms with E-state index >= 15 is 0 Å². The van der Waals surface area contributed by atoms with E-state index in [-0.39, 0.29) is 6.47 Å². The summed E-state index contributed by atoms with van der Waals surface area (Å²) in [7, 11) is 4.37. The third kappa shape index (κ3) is 8.89. The molecule has 0 unspecified atom stereocenters. The van der Waals surface area contributed by atoms with Crippen LogP contribution < -0.4 is 4.98 Å². The minimum Gasteiger partial charge on any atom is -0.483 e. The number of rotatable bonds is 9. The van der Waals surface area contributed by atoms with Gasteiger partial charge in [0.2, 0.25) is 0 Å². The molecule has 0 fully saturated rings. The van der Waals surface area contributed by atoms with E-state index in [0.29, 0.717) is 14.5 Å².